The molecule has 0 heterocycles. The zero-order valence-corrected chi connectivity index (χ0v) is 14.3. The number of rotatable bonds is 7. The first kappa shape index (κ1) is 18.0. The first-order valence-corrected chi connectivity index (χ1v) is 7.85. The van der Waals surface area contributed by atoms with Gasteiger partial charge in [-0.05, 0) is 42.4 Å². The molecular weight excluding hydrogens is 304 g/mol. The smallest absolute Gasteiger partial charge is 0.251 e. The summed E-state index contributed by atoms with van der Waals surface area (Å²) in [6.07, 6.45) is -0.588. The summed E-state index contributed by atoms with van der Waals surface area (Å²) in [5.41, 5.74) is 2.56. The van der Waals surface area contributed by atoms with Crippen LogP contribution in [0.3, 0.4) is 0 Å². The number of nitrogens with zero attached hydrogens (tertiary/aromatic N) is 1. The van der Waals surface area contributed by atoms with E-state index < -0.39 is 6.10 Å². The Bertz CT molecular complexity index is 671. The van der Waals surface area contributed by atoms with Gasteiger partial charge in [0.15, 0.2) is 0 Å². The van der Waals surface area contributed by atoms with Gasteiger partial charge in [-0.2, -0.15) is 0 Å². The van der Waals surface area contributed by atoms with Crippen LogP contribution in [0.2, 0.25) is 0 Å². The summed E-state index contributed by atoms with van der Waals surface area (Å²) in [5, 5.41) is 13.0. The van der Waals surface area contributed by atoms with Gasteiger partial charge < -0.3 is 15.2 Å². The van der Waals surface area contributed by atoms with E-state index >= 15 is 0 Å². The molecule has 1 atom stereocenters. The number of likely N-dealkylation sites (N-methyl/N-ethyl adjacent to an activating group) is 1. The highest BCUT2D eigenvalue weighted by Gasteiger charge is 2.12. The van der Waals surface area contributed by atoms with Crippen LogP contribution in [0.4, 0.5) is 0 Å². The van der Waals surface area contributed by atoms with Crippen molar-refractivity contribution in [2.45, 2.75) is 12.6 Å². The first-order valence-electron chi connectivity index (χ1n) is 7.85. The number of carbonyl (C=O) groups is 1. The van der Waals surface area contributed by atoms with E-state index in [4.69, 9.17) is 4.74 Å². The van der Waals surface area contributed by atoms with E-state index in [1.807, 2.05) is 48.3 Å². The van der Waals surface area contributed by atoms with E-state index in [9.17, 15) is 9.90 Å². The second kappa shape index (κ2) is 8.47. The van der Waals surface area contributed by atoms with Gasteiger partial charge in [0, 0.05) is 25.7 Å². The fourth-order valence-electron chi connectivity index (χ4n) is 2.53. The number of aliphatic hydroxyl groups is 1. The van der Waals surface area contributed by atoms with Crippen LogP contribution < -0.4 is 10.1 Å². The number of benzene rings is 2. The van der Waals surface area contributed by atoms with Crippen LogP contribution in [0.15, 0.2) is 48.5 Å². The van der Waals surface area contributed by atoms with Crippen molar-refractivity contribution in [3.05, 3.63) is 65.2 Å². The Hall–Kier alpha value is -2.37. The molecule has 2 N–H and O–H groups in total. The van der Waals surface area contributed by atoms with Gasteiger partial charge in [-0.25, -0.2) is 0 Å². The summed E-state index contributed by atoms with van der Waals surface area (Å²) in [7, 11) is 5.18. The molecule has 0 aliphatic heterocycles. The lowest BCUT2D eigenvalue weighted by atomic mass is 10.1. The maximum atomic E-state index is 11.5. The van der Waals surface area contributed by atoms with Gasteiger partial charge >= 0.3 is 0 Å². The van der Waals surface area contributed by atoms with Gasteiger partial charge in [-0.3, -0.25) is 9.69 Å². The number of nitrogens with one attached hydrogen (secondary N) is 1. The zero-order valence-electron chi connectivity index (χ0n) is 14.3. The SMILES string of the molecule is CNC(=O)c1ccc(CN(C)CC(O)c2cccc(OC)c2)cc1. The van der Waals surface area contributed by atoms with Gasteiger partial charge in [0.25, 0.3) is 5.91 Å². The Morgan fingerprint density at radius 2 is 1.96 bits per heavy atom. The predicted octanol–water partition coefficient (Wildman–Crippen LogP) is 2.22. The fraction of sp³-hybridized carbons (Fsp3) is 0.316. The van der Waals surface area contributed by atoms with Crippen molar-refractivity contribution in [2.24, 2.45) is 0 Å². The maximum absolute atomic E-state index is 11.5. The Labute approximate surface area is 142 Å². The van der Waals surface area contributed by atoms with E-state index in [2.05, 4.69) is 5.32 Å². The number of amides is 1. The van der Waals surface area contributed by atoms with Crippen LogP contribution >= 0.6 is 0 Å². The van der Waals surface area contributed by atoms with Crippen LogP contribution in [0.5, 0.6) is 5.75 Å². The van der Waals surface area contributed by atoms with Crippen molar-refractivity contribution >= 4 is 5.91 Å². The van der Waals surface area contributed by atoms with Gasteiger partial charge in [0.05, 0.1) is 13.2 Å². The van der Waals surface area contributed by atoms with Crippen molar-refractivity contribution in [3.8, 4) is 5.75 Å². The molecule has 0 saturated heterocycles. The molecule has 0 aromatic heterocycles. The number of aliphatic hydroxyl groups excluding tert-OH is 1. The molecule has 2 aromatic rings. The lowest BCUT2D eigenvalue weighted by molar-refractivity contribution is 0.0963. The normalized spacial score (nSPS) is 12.0. The summed E-state index contributed by atoms with van der Waals surface area (Å²) >= 11 is 0. The lowest BCUT2D eigenvalue weighted by Gasteiger charge is -2.21. The Morgan fingerprint density at radius 3 is 2.58 bits per heavy atom. The largest absolute Gasteiger partial charge is 0.497 e. The monoisotopic (exact) mass is 328 g/mol. The van der Waals surface area contributed by atoms with Crippen LogP contribution in [-0.4, -0.2) is 43.7 Å². The fourth-order valence-corrected chi connectivity index (χ4v) is 2.53. The summed E-state index contributed by atoms with van der Waals surface area (Å²) in [6, 6.07) is 14.9. The number of hydrogen-bond acceptors (Lipinski definition) is 4. The van der Waals surface area contributed by atoms with Crippen LogP contribution in [-0.2, 0) is 6.54 Å². The number of ether oxygens (including phenoxy) is 1. The number of methoxy groups -OCH3 is 1. The topological polar surface area (TPSA) is 61.8 Å². The van der Waals surface area contributed by atoms with Crippen LogP contribution in [0, 0.1) is 0 Å². The molecule has 0 saturated carbocycles. The molecule has 0 fully saturated rings. The lowest BCUT2D eigenvalue weighted by Crippen LogP contribution is -2.24. The molecule has 5 nitrogen and oxygen atoms in total. The highest BCUT2D eigenvalue weighted by Crippen LogP contribution is 2.20. The average molecular weight is 328 g/mol. The van der Waals surface area contributed by atoms with Crippen molar-refractivity contribution in [3.63, 3.8) is 0 Å². The zero-order chi connectivity index (χ0) is 17.5. The van der Waals surface area contributed by atoms with Gasteiger partial charge in [-0.1, -0.05) is 24.3 Å². The van der Waals surface area contributed by atoms with Crippen molar-refractivity contribution in [2.75, 3.05) is 27.7 Å². The molecule has 1 unspecified atom stereocenters. The Morgan fingerprint density at radius 1 is 1.25 bits per heavy atom. The molecule has 128 valence electrons. The quantitative estimate of drug-likeness (QED) is 0.818. The highest BCUT2D eigenvalue weighted by atomic mass is 16.5. The molecule has 0 spiro atoms. The third-order valence-electron chi connectivity index (χ3n) is 3.86. The standard InChI is InChI=1S/C19H24N2O3/c1-20-19(23)15-9-7-14(8-10-15)12-21(2)13-18(22)16-5-4-6-17(11-16)24-3/h4-11,18,22H,12-13H2,1-3H3,(H,20,23). The summed E-state index contributed by atoms with van der Waals surface area (Å²) in [6.45, 7) is 1.19. The highest BCUT2D eigenvalue weighted by molar-refractivity contribution is 5.93. The minimum absolute atomic E-state index is 0.0941. The summed E-state index contributed by atoms with van der Waals surface area (Å²) in [4.78, 5) is 13.6. The maximum Gasteiger partial charge on any atom is 0.251 e. The average Bonchev–Trinajstić information content (AvgIpc) is 2.61. The van der Waals surface area contributed by atoms with Crippen molar-refractivity contribution in [1.29, 1.82) is 0 Å². The van der Waals surface area contributed by atoms with Gasteiger partial charge in [0.1, 0.15) is 5.75 Å². The Kier molecular flexibility index (Phi) is 6.35. The minimum Gasteiger partial charge on any atom is -0.497 e. The van der Waals surface area contributed by atoms with E-state index in [0.717, 1.165) is 16.9 Å². The molecule has 0 radical (unpaired) electrons. The third kappa shape index (κ3) is 4.81. The molecule has 0 bridgehead atoms. The van der Waals surface area contributed by atoms with Crippen LogP contribution in [0.1, 0.15) is 27.6 Å². The van der Waals surface area contributed by atoms with Gasteiger partial charge in [-0.15, -0.1) is 0 Å². The predicted molar refractivity (Wildman–Crippen MR) is 94.1 cm³/mol. The van der Waals surface area contributed by atoms with E-state index in [0.29, 0.717) is 18.7 Å². The molecule has 2 aromatic carbocycles. The first-order chi connectivity index (χ1) is 11.5. The van der Waals surface area contributed by atoms with E-state index in [-0.39, 0.29) is 5.91 Å². The second-order valence-corrected chi connectivity index (χ2v) is 5.77. The minimum atomic E-state index is -0.588. The molecule has 24 heavy (non-hydrogen) atoms. The molecule has 0 aliphatic rings. The molecule has 5 heteroatoms. The van der Waals surface area contributed by atoms with E-state index in [1.165, 1.54) is 0 Å². The number of hydrogen-bond donors (Lipinski definition) is 2. The molecule has 2 rings (SSSR count). The molecule has 0 aliphatic carbocycles. The van der Waals surface area contributed by atoms with Crippen molar-refractivity contribution < 1.29 is 14.6 Å². The van der Waals surface area contributed by atoms with E-state index in [1.54, 1.807) is 26.3 Å². The van der Waals surface area contributed by atoms with Crippen molar-refractivity contribution in [1.82, 2.24) is 10.2 Å². The summed E-state index contributed by atoms with van der Waals surface area (Å²) in [5.74, 6) is 0.641. The second-order valence-electron chi connectivity index (χ2n) is 5.77. The van der Waals surface area contributed by atoms with Gasteiger partial charge in [0.2, 0.25) is 0 Å². The summed E-state index contributed by atoms with van der Waals surface area (Å²) < 4.78 is 5.19. The third-order valence-corrected chi connectivity index (χ3v) is 3.86. The molecular formula is C19H24N2O3. The Balaban J connectivity index is 1.94. The molecule has 1 amide bonds. The van der Waals surface area contributed by atoms with Crippen LogP contribution in [0.25, 0.3) is 0 Å². The number of carbonyl (C=O) groups excluding carboxylic acids is 1.